The van der Waals surface area contributed by atoms with Crippen LogP contribution in [0.2, 0.25) is 5.02 Å². The van der Waals surface area contributed by atoms with E-state index in [0.717, 1.165) is 17.3 Å². The molecule has 0 aromatic heterocycles. The van der Waals surface area contributed by atoms with E-state index in [4.69, 9.17) is 11.6 Å². The summed E-state index contributed by atoms with van der Waals surface area (Å²) in [4.78, 5) is 25.4. The molecule has 0 N–H and O–H groups in total. The van der Waals surface area contributed by atoms with Gasteiger partial charge >= 0.3 is 0 Å². The first kappa shape index (κ1) is 13.2. The third-order valence-corrected chi connectivity index (χ3v) is 3.76. The summed E-state index contributed by atoms with van der Waals surface area (Å²) in [6.45, 7) is 3.63. The molecule has 2 rings (SSSR count). The largest absolute Gasteiger partial charge is 0.293 e. The van der Waals surface area contributed by atoms with Gasteiger partial charge < -0.3 is 0 Å². The number of amides is 2. The van der Waals surface area contributed by atoms with Crippen molar-refractivity contribution in [2.24, 2.45) is 0 Å². The molecule has 0 radical (unpaired) electrons. The van der Waals surface area contributed by atoms with Crippen LogP contribution in [0, 0.1) is 0 Å². The van der Waals surface area contributed by atoms with E-state index in [1.165, 1.54) is 4.90 Å². The van der Waals surface area contributed by atoms with Gasteiger partial charge in [-0.3, -0.25) is 14.5 Å². The summed E-state index contributed by atoms with van der Waals surface area (Å²) in [6.07, 6.45) is 1.66. The Labute approximate surface area is 115 Å². The molecular weight excluding hydrogens is 270 g/mol. The molecule has 0 saturated carbocycles. The van der Waals surface area contributed by atoms with Crippen LogP contribution in [-0.2, 0) is 4.79 Å². The van der Waals surface area contributed by atoms with Gasteiger partial charge in [-0.15, -0.1) is 0 Å². The SMILES string of the molecule is CC(C)N1C(=O)S/C(=C\c2ccccc2Cl)C1=O. The van der Waals surface area contributed by atoms with Crippen LogP contribution in [0.4, 0.5) is 4.79 Å². The van der Waals surface area contributed by atoms with Crippen molar-refractivity contribution in [2.45, 2.75) is 19.9 Å². The standard InChI is InChI=1S/C13H12ClNO2S/c1-8(2)15-12(16)11(18-13(15)17)7-9-5-3-4-6-10(9)14/h3-8H,1-2H3/b11-7-. The van der Waals surface area contributed by atoms with Crippen LogP contribution in [0.15, 0.2) is 29.2 Å². The Morgan fingerprint density at radius 2 is 1.94 bits per heavy atom. The molecule has 2 amide bonds. The first-order chi connectivity index (χ1) is 8.50. The number of hydrogen-bond acceptors (Lipinski definition) is 3. The minimum absolute atomic E-state index is 0.130. The smallest absolute Gasteiger partial charge is 0.268 e. The molecular formula is C13H12ClNO2S. The van der Waals surface area contributed by atoms with Crippen LogP contribution in [0.5, 0.6) is 0 Å². The molecule has 1 aliphatic heterocycles. The average Bonchev–Trinajstić information content (AvgIpc) is 2.57. The van der Waals surface area contributed by atoms with Crippen molar-refractivity contribution in [3.8, 4) is 0 Å². The van der Waals surface area contributed by atoms with Gasteiger partial charge in [-0.1, -0.05) is 29.8 Å². The topological polar surface area (TPSA) is 37.4 Å². The van der Waals surface area contributed by atoms with Gasteiger partial charge in [0.25, 0.3) is 11.1 Å². The Morgan fingerprint density at radius 1 is 1.28 bits per heavy atom. The maximum atomic E-state index is 12.0. The van der Waals surface area contributed by atoms with E-state index in [9.17, 15) is 9.59 Å². The van der Waals surface area contributed by atoms with Crippen molar-refractivity contribution in [3.63, 3.8) is 0 Å². The number of carbonyl (C=O) groups is 2. The zero-order valence-electron chi connectivity index (χ0n) is 10.0. The summed E-state index contributed by atoms with van der Waals surface area (Å²) in [5, 5.41) is 0.335. The molecule has 3 nitrogen and oxygen atoms in total. The van der Waals surface area contributed by atoms with Crippen molar-refractivity contribution in [2.75, 3.05) is 0 Å². The Bertz CT molecular complexity index is 540. The van der Waals surface area contributed by atoms with Crippen molar-refractivity contribution in [3.05, 3.63) is 39.8 Å². The quantitative estimate of drug-likeness (QED) is 0.774. The predicted molar refractivity (Wildman–Crippen MR) is 74.4 cm³/mol. The summed E-state index contributed by atoms with van der Waals surface area (Å²) in [5.74, 6) is -0.250. The van der Waals surface area contributed by atoms with Gasteiger partial charge in [0.2, 0.25) is 0 Å². The lowest BCUT2D eigenvalue weighted by atomic mass is 10.2. The number of halogens is 1. The highest BCUT2D eigenvalue weighted by Crippen LogP contribution is 2.34. The van der Waals surface area contributed by atoms with E-state index in [1.807, 2.05) is 32.0 Å². The molecule has 94 valence electrons. The highest BCUT2D eigenvalue weighted by molar-refractivity contribution is 8.18. The average molecular weight is 282 g/mol. The number of thioether (sulfide) groups is 1. The highest BCUT2D eigenvalue weighted by atomic mass is 35.5. The molecule has 0 aliphatic carbocycles. The molecule has 1 aliphatic rings. The van der Waals surface area contributed by atoms with E-state index in [1.54, 1.807) is 12.1 Å². The fourth-order valence-electron chi connectivity index (χ4n) is 1.66. The van der Waals surface area contributed by atoms with Crippen molar-refractivity contribution in [1.82, 2.24) is 4.90 Å². The molecule has 1 aromatic rings. The monoisotopic (exact) mass is 281 g/mol. The van der Waals surface area contributed by atoms with Crippen LogP contribution in [0.25, 0.3) is 6.08 Å². The maximum Gasteiger partial charge on any atom is 0.293 e. The van der Waals surface area contributed by atoms with Gasteiger partial charge in [0, 0.05) is 11.1 Å². The first-order valence-electron chi connectivity index (χ1n) is 5.52. The normalized spacial score (nSPS) is 18.2. The zero-order chi connectivity index (χ0) is 13.3. The number of carbonyl (C=O) groups excluding carboxylic acids is 2. The Hall–Kier alpha value is -1.26. The summed E-state index contributed by atoms with van der Waals surface area (Å²) < 4.78 is 0. The van der Waals surface area contributed by atoms with Crippen LogP contribution in [-0.4, -0.2) is 22.1 Å². The van der Waals surface area contributed by atoms with E-state index >= 15 is 0 Å². The van der Waals surface area contributed by atoms with Crippen molar-refractivity contribution >= 4 is 40.6 Å². The van der Waals surface area contributed by atoms with E-state index in [-0.39, 0.29) is 17.2 Å². The first-order valence-corrected chi connectivity index (χ1v) is 6.71. The highest BCUT2D eigenvalue weighted by Gasteiger charge is 2.36. The summed E-state index contributed by atoms with van der Waals surface area (Å²) in [6, 6.07) is 7.09. The minimum Gasteiger partial charge on any atom is -0.268 e. The molecule has 0 unspecified atom stereocenters. The number of hydrogen-bond donors (Lipinski definition) is 0. The molecule has 0 bridgehead atoms. The second-order valence-corrected chi connectivity index (χ2v) is 5.57. The summed E-state index contributed by atoms with van der Waals surface area (Å²) in [7, 11) is 0. The Balaban J connectivity index is 2.34. The molecule has 1 saturated heterocycles. The third-order valence-electron chi connectivity index (χ3n) is 2.53. The number of imide groups is 1. The van der Waals surface area contributed by atoms with Crippen LogP contribution in [0.1, 0.15) is 19.4 Å². The van der Waals surface area contributed by atoms with Crippen LogP contribution in [0.3, 0.4) is 0 Å². The lowest BCUT2D eigenvalue weighted by Gasteiger charge is -2.16. The fourth-order valence-corrected chi connectivity index (χ4v) is 2.80. The lowest BCUT2D eigenvalue weighted by Crippen LogP contribution is -2.34. The molecule has 0 spiro atoms. The van der Waals surface area contributed by atoms with Crippen LogP contribution >= 0.6 is 23.4 Å². The van der Waals surface area contributed by atoms with Crippen molar-refractivity contribution in [1.29, 1.82) is 0 Å². The molecule has 18 heavy (non-hydrogen) atoms. The van der Waals surface area contributed by atoms with Crippen LogP contribution < -0.4 is 0 Å². The van der Waals surface area contributed by atoms with Gasteiger partial charge in [0.15, 0.2) is 0 Å². The van der Waals surface area contributed by atoms with Gasteiger partial charge in [0.05, 0.1) is 4.91 Å². The molecule has 1 heterocycles. The Kier molecular flexibility index (Phi) is 3.78. The number of rotatable bonds is 2. The van der Waals surface area contributed by atoms with Crippen molar-refractivity contribution < 1.29 is 9.59 Å². The molecule has 5 heteroatoms. The van der Waals surface area contributed by atoms with Gasteiger partial charge in [-0.25, -0.2) is 0 Å². The fraction of sp³-hybridized carbons (Fsp3) is 0.231. The molecule has 1 fully saturated rings. The number of benzene rings is 1. The molecule has 0 atom stereocenters. The second kappa shape index (κ2) is 5.16. The zero-order valence-corrected chi connectivity index (χ0v) is 11.6. The summed E-state index contributed by atoms with van der Waals surface area (Å²) in [5.41, 5.74) is 0.744. The third kappa shape index (κ3) is 2.44. The predicted octanol–water partition coefficient (Wildman–Crippen LogP) is 3.78. The Morgan fingerprint density at radius 3 is 2.50 bits per heavy atom. The molecule has 1 aromatic carbocycles. The lowest BCUT2D eigenvalue weighted by molar-refractivity contribution is -0.123. The second-order valence-electron chi connectivity index (χ2n) is 4.17. The number of nitrogens with zero attached hydrogens (tertiary/aromatic N) is 1. The van der Waals surface area contributed by atoms with Gasteiger partial charge in [-0.2, -0.15) is 0 Å². The van der Waals surface area contributed by atoms with Gasteiger partial charge in [0.1, 0.15) is 0 Å². The van der Waals surface area contributed by atoms with E-state index in [2.05, 4.69) is 0 Å². The minimum atomic E-state index is -0.250. The van der Waals surface area contributed by atoms with Gasteiger partial charge in [-0.05, 0) is 43.3 Å². The summed E-state index contributed by atoms with van der Waals surface area (Å²) >= 11 is 6.98. The maximum absolute atomic E-state index is 12.0. The van der Waals surface area contributed by atoms with E-state index in [0.29, 0.717) is 9.93 Å². The van der Waals surface area contributed by atoms with E-state index < -0.39 is 0 Å².